The molecule has 0 saturated heterocycles. The van der Waals surface area contributed by atoms with Crippen LogP contribution in [-0.2, 0) is 14.4 Å². The van der Waals surface area contributed by atoms with E-state index in [2.05, 4.69) is 10.6 Å². The fraction of sp³-hybridized carbons (Fsp3) is 0.348. The molecule has 0 radical (unpaired) electrons. The van der Waals surface area contributed by atoms with Crippen LogP contribution in [0.1, 0.15) is 27.2 Å². The van der Waals surface area contributed by atoms with Crippen LogP contribution in [0.4, 0.5) is 11.4 Å². The van der Waals surface area contributed by atoms with Gasteiger partial charge in [0.25, 0.3) is 0 Å². The molecule has 0 bridgehead atoms. The van der Waals surface area contributed by atoms with Crippen LogP contribution >= 0.6 is 0 Å². The average Bonchev–Trinajstić information content (AvgIpc) is 2.77. The van der Waals surface area contributed by atoms with Gasteiger partial charge in [0.1, 0.15) is 19.8 Å². The lowest BCUT2D eigenvalue weighted by atomic mass is 10.0. The van der Waals surface area contributed by atoms with Crippen LogP contribution in [0.15, 0.2) is 48.5 Å². The van der Waals surface area contributed by atoms with Gasteiger partial charge in [0, 0.05) is 23.0 Å². The Bertz CT molecular complexity index is 959. The quantitative estimate of drug-likeness (QED) is 0.694. The van der Waals surface area contributed by atoms with Gasteiger partial charge in [-0.1, -0.05) is 25.1 Å². The normalized spacial score (nSPS) is 12.6. The molecule has 0 spiro atoms. The van der Waals surface area contributed by atoms with Gasteiger partial charge in [-0.25, -0.2) is 0 Å². The van der Waals surface area contributed by atoms with Crippen LogP contribution in [0.3, 0.4) is 0 Å². The molecule has 0 atom stereocenters. The van der Waals surface area contributed by atoms with Crippen molar-refractivity contribution in [1.82, 2.24) is 5.32 Å². The summed E-state index contributed by atoms with van der Waals surface area (Å²) in [5, 5.41) is 5.47. The molecule has 2 N–H and O–H groups in total. The molecule has 164 valence electrons. The summed E-state index contributed by atoms with van der Waals surface area (Å²) in [6.45, 7) is 6.35. The van der Waals surface area contributed by atoms with Crippen molar-refractivity contribution in [2.45, 2.75) is 32.7 Å². The third-order valence-corrected chi connectivity index (χ3v) is 4.97. The molecule has 0 fully saturated rings. The summed E-state index contributed by atoms with van der Waals surface area (Å²) < 4.78 is 11.0. The highest BCUT2D eigenvalue weighted by atomic mass is 16.6. The summed E-state index contributed by atoms with van der Waals surface area (Å²) >= 11 is 0. The van der Waals surface area contributed by atoms with E-state index in [0.29, 0.717) is 36.1 Å². The maximum absolute atomic E-state index is 13.0. The molecule has 8 nitrogen and oxygen atoms in total. The van der Waals surface area contributed by atoms with E-state index in [1.807, 2.05) is 20.8 Å². The predicted molar refractivity (Wildman–Crippen MR) is 117 cm³/mol. The first-order valence-electron chi connectivity index (χ1n) is 10.2. The molecule has 1 aliphatic rings. The number of ether oxygens (including phenoxy) is 2. The maximum atomic E-state index is 13.0. The fourth-order valence-electron chi connectivity index (χ4n) is 2.97. The molecule has 0 unspecified atom stereocenters. The lowest BCUT2D eigenvalue weighted by Crippen LogP contribution is -2.50. The third-order valence-electron chi connectivity index (χ3n) is 4.97. The van der Waals surface area contributed by atoms with E-state index in [-0.39, 0.29) is 12.5 Å². The average molecular weight is 425 g/mol. The monoisotopic (exact) mass is 425 g/mol. The number of rotatable bonds is 6. The first-order chi connectivity index (χ1) is 14.8. The molecular weight excluding hydrogens is 398 g/mol. The summed E-state index contributed by atoms with van der Waals surface area (Å²) in [6, 6.07) is 13.5. The van der Waals surface area contributed by atoms with Crippen molar-refractivity contribution >= 4 is 29.1 Å². The Morgan fingerprint density at radius 1 is 1.00 bits per heavy atom. The summed E-state index contributed by atoms with van der Waals surface area (Å²) in [5.74, 6) is -0.973. The number of para-hydroxylation sites is 1. The minimum absolute atomic E-state index is 0.277. The van der Waals surface area contributed by atoms with Gasteiger partial charge in [-0.15, -0.1) is 0 Å². The van der Waals surface area contributed by atoms with E-state index < -0.39 is 17.4 Å². The van der Waals surface area contributed by atoms with Gasteiger partial charge >= 0.3 is 11.8 Å². The lowest BCUT2D eigenvalue weighted by Gasteiger charge is -2.27. The summed E-state index contributed by atoms with van der Waals surface area (Å²) in [7, 11) is 0. The molecular formula is C23H27N3O5. The van der Waals surface area contributed by atoms with Crippen LogP contribution in [-0.4, -0.2) is 43.0 Å². The lowest BCUT2D eigenvalue weighted by molar-refractivity contribution is -0.135. The van der Waals surface area contributed by atoms with Crippen molar-refractivity contribution in [3.8, 4) is 11.5 Å². The van der Waals surface area contributed by atoms with Crippen LogP contribution in [0, 0.1) is 0 Å². The molecule has 0 aromatic heterocycles. The second-order valence-corrected chi connectivity index (χ2v) is 7.83. The Hall–Kier alpha value is -3.55. The number of hydrogen-bond donors (Lipinski definition) is 2. The van der Waals surface area contributed by atoms with E-state index >= 15 is 0 Å². The van der Waals surface area contributed by atoms with Gasteiger partial charge in [0.2, 0.25) is 5.91 Å². The first kappa shape index (κ1) is 22.1. The number of nitrogens with one attached hydrogen (secondary N) is 2. The summed E-state index contributed by atoms with van der Waals surface area (Å²) in [6.07, 6.45) is 0.725. The Morgan fingerprint density at radius 3 is 2.35 bits per heavy atom. The number of anilines is 2. The maximum Gasteiger partial charge on any atom is 0.317 e. The van der Waals surface area contributed by atoms with E-state index in [0.717, 1.165) is 11.3 Å². The van der Waals surface area contributed by atoms with Gasteiger partial charge in [-0.3, -0.25) is 19.3 Å². The van der Waals surface area contributed by atoms with Crippen LogP contribution in [0.2, 0.25) is 0 Å². The number of carbonyl (C=O) groups is 3. The van der Waals surface area contributed by atoms with Crippen molar-refractivity contribution in [3.63, 3.8) is 0 Å². The van der Waals surface area contributed by atoms with Gasteiger partial charge in [-0.2, -0.15) is 0 Å². The van der Waals surface area contributed by atoms with E-state index in [4.69, 9.17) is 9.47 Å². The smallest absolute Gasteiger partial charge is 0.317 e. The van der Waals surface area contributed by atoms with E-state index in [1.165, 1.54) is 0 Å². The van der Waals surface area contributed by atoms with Gasteiger partial charge in [0.05, 0.1) is 0 Å². The third kappa shape index (κ3) is 5.75. The molecule has 3 rings (SSSR count). The Balaban J connectivity index is 1.76. The molecule has 0 saturated carbocycles. The number of benzene rings is 2. The summed E-state index contributed by atoms with van der Waals surface area (Å²) in [5.41, 5.74) is 0.428. The van der Waals surface area contributed by atoms with Crippen molar-refractivity contribution in [2.24, 2.45) is 0 Å². The highest BCUT2D eigenvalue weighted by molar-refractivity contribution is 6.44. The number of nitrogens with zero attached hydrogens (tertiary/aromatic N) is 1. The zero-order chi connectivity index (χ0) is 22.4. The van der Waals surface area contributed by atoms with Crippen molar-refractivity contribution in [3.05, 3.63) is 48.5 Å². The number of carbonyl (C=O) groups excluding carboxylic acids is 3. The number of fused-ring (bicyclic) bond motifs is 1. The van der Waals surface area contributed by atoms with E-state index in [9.17, 15) is 14.4 Å². The summed E-state index contributed by atoms with van der Waals surface area (Å²) in [4.78, 5) is 39.4. The Morgan fingerprint density at radius 2 is 1.68 bits per heavy atom. The number of amides is 3. The second-order valence-electron chi connectivity index (χ2n) is 7.83. The zero-order valence-corrected chi connectivity index (χ0v) is 17.9. The Kier molecular flexibility index (Phi) is 6.79. The van der Waals surface area contributed by atoms with Crippen molar-refractivity contribution in [1.29, 1.82) is 0 Å². The largest absolute Gasteiger partial charge is 0.486 e. The zero-order valence-electron chi connectivity index (χ0n) is 17.9. The minimum atomic E-state index is -0.858. The minimum Gasteiger partial charge on any atom is -0.486 e. The predicted octanol–water partition coefficient (Wildman–Crippen LogP) is 2.73. The van der Waals surface area contributed by atoms with Crippen LogP contribution in [0.25, 0.3) is 0 Å². The molecule has 0 aliphatic carbocycles. The molecule has 31 heavy (non-hydrogen) atoms. The Labute approximate surface area is 181 Å². The second kappa shape index (κ2) is 9.51. The van der Waals surface area contributed by atoms with Crippen LogP contribution < -0.4 is 25.0 Å². The molecule has 3 amide bonds. The van der Waals surface area contributed by atoms with Crippen LogP contribution in [0.5, 0.6) is 11.5 Å². The molecule has 2 aromatic carbocycles. The van der Waals surface area contributed by atoms with Gasteiger partial charge < -0.3 is 20.1 Å². The molecule has 1 heterocycles. The number of hydrogen-bond acceptors (Lipinski definition) is 5. The van der Waals surface area contributed by atoms with E-state index in [1.54, 1.807) is 48.5 Å². The standard InChI is InChI=1S/C23H27N3O5/c1-4-23(2,3)25-20(27)15-26(17-8-6-5-7-9-17)22(29)21(28)24-16-10-11-18-19(14-16)31-13-12-30-18/h5-11,14H,4,12-13,15H2,1-3H3,(H,24,28)(H,25,27). The highest BCUT2D eigenvalue weighted by Gasteiger charge is 2.28. The molecule has 8 heteroatoms. The topological polar surface area (TPSA) is 97.0 Å². The first-order valence-corrected chi connectivity index (χ1v) is 10.2. The SMILES string of the molecule is CCC(C)(C)NC(=O)CN(C(=O)C(=O)Nc1ccc2c(c1)OCCO2)c1ccccc1. The van der Waals surface area contributed by atoms with Crippen molar-refractivity contribution < 1.29 is 23.9 Å². The molecule has 1 aliphatic heterocycles. The van der Waals surface area contributed by atoms with Crippen molar-refractivity contribution in [2.75, 3.05) is 30.0 Å². The van der Waals surface area contributed by atoms with Gasteiger partial charge in [0.15, 0.2) is 11.5 Å². The molecule has 2 aromatic rings. The fourth-order valence-corrected chi connectivity index (χ4v) is 2.97. The van der Waals surface area contributed by atoms with Gasteiger partial charge in [-0.05, 0) is 44.5 Å². The highest BCUT2D eigenvalue weighted by Crippen LogP contribution is 2.32.